The van der Waals surface area contributed by atoms with Crippen LogP contribution in [0.5, 0.6) is 69.0 Å². The lowest BCUT2D eigenvalue weighted by Crippen LogP contribution is -2.57. The number of hydrogen-bond acceptors (Lipinski definition) is 24. The maximum atomic E-state index is 11.1. The number of phenols is 7. The van der Waals surface area contributed by atoms with Crippen LogP contribution in [0.2, 0.25) is 0 Å². The number of aromatic hydroxyl groups is 7. The molecule has 123 heavy (non-hydrogen) atoms. The van der Waals surface area contributed by atoms with Gasteiger partial charge in [-0.1, -0.05) is 125 Å². The summed E-state index contributed by atoms with van der Waals surface area (Å²) in [5.41, 5.74) is 12.0. The number of nitrogens with one attached hydrogen (secondary N) is 1. The molecule has 1 aliphatic heterocycles. The fourth-order valence-corrected chi connectivity index (χ4v) is 12.9. The molecule has 0 aromatic heterocycles. The second-order valence-corrected chi connectivity index (χ2v) is 34.1. The van der Waals surface area contributed by atoms with E-state index in [0.717, 1.165) is 67.6 Å². The molecule has 24 heteroatoms. The van der Waals surface area contributed by atoms with Crippen LogP contribution in [0.15, 0.2) is 133 Å². The zero-order valence-electron chi connectivity index (χ0n) is 77.5. The Morgan fingerprint density at radius 3 is 1.07 bits per heavy atom. The molecule has 1 fully saturated rings. The predicted molar refractivity (Wildman–Crippen MR) is 478 cm³/mol. The first-order valence-corrected chi connectivity index (χ1v) is 41.0. The lowest BCUT2D eigenvalue weighted by Gasteiger charge is -2.46. The van der Waals surface area contributed by atoms with E-state index in [0.29, 0.717) is 89.1 Å². The Balaban J connectivity index is 0.000000481. The Morgan fingerprint density at radius 1 is 0.382 bits per heavy atom. The fourth-order valence-electron chi connectivity index (χ4n) is 12.9. The van der Waals surface area contributed by atoms with E-state index < -0.39 is 0 Å². The third kappa shape index (κ3) is 41.8. The van der Waals surface area contributed by atoms with E-state index in [2.05, 4.69) is 64.2 Å². The zero-order chi connectivity index (χ0) is 93.8. The van der Waals surface area contributed by atoms with Crippen molar-refractivity contribution in [2.24, 2.45) is 5.92 Å². The molecule has 0 aliphatic carbocycles. The van der Waals surface area contributed by atoms with Crippen molar-refractivity contribution < 1.29 is 112 Å². The third-order valence-corrected chi connectivity index (χ3v) is 18.4. The van der Waals surface area contributed by atoms with Crippen molar-refractivity contribution in [2.75, 3.05) is 6.61 Å². The lowest BCUT2D eigenvalue weighted by molar-refractivity contribution is -0.305. The summed E-state index contributed by atoms with van der Waals surface area (Å²) in [4.78, 5) is 85.7. The van der Waals surface area contributed by atoms with Crippen molar-refractivity contribution >= 4 is 41.8 Å². The average molecular weight is 1710 g/mol. The van der Waals surface area contributed by atoms with Gasteiger partial charge in [0.15, 0.2) is 0 Å². The number of ether oxygens (including phenoxy) is 7. The predicted octanol–water partition coefficient (Wildman–Crippen LogP) is 21.1. The Morgan fingerprint density at radius 2 is 0.707 bits per heavy atom. The number of benzene rings is 8. The number of piperidine rings is 1. The van der Waals surface area contributed by atoms with Gasteiger partial charge in [-0.05, 0) is 270 Å². The highest BCUT2D eigenvalue weighted by molar-refractivity contribution is 5.72. The SMILES string of the molecule is CC(=O)OCc1cc(C)c(O)c(C)c1.CC(=O)OCc1ccc(O)cc1.CC(=O)Oc1cc(C(C)(C)C)c(O)c(C(C)(C)C)c1.CC(=O)Oc1cc(C(C)C)c(O)c(C(C)C)c1.CC(=O)Oc1cc(C)c(O)c(C)c1.CC(=O)Oc1ccc(O)cc1.CCc1cc(OC(C)=O)cc(CC)c1O.Cc1ccc(COOCCC2CC(C)(C)NC(C)(C)C2)cc1. The van der Waals surface area contributed by atoms with Gasteiger partial charge in [0.25, 0.3) is 0 Å². The van der Waals surface area contributed by atoms with Crippen LogP contribution in [0.4, 0.5) is 0 Å². The molecule has 0 bridgehead atoms. The molecular formula is C99H135NO23. The molecule has 1 heterocycles. The van der Waals surface area contributed by atoms with E-state index in [1.54, 1.807) is 86.6 Å². The van der Waals surface area contributed by atoms with Gasteiger partial charge in [-0.3, -0.25) is 33.6 Å². The number of carbonyl (C=O) groups excluding carboxylic acids is 7. The fraction of sp³-hybridized carbons (Fsp3) is 0.444. The van der Waals surface area contributed by atoms with Crippen LogP contribution in [0.3, 0.4) is 0 Å². The molecule has 0 atom stereocenters. The number of esters is 7. The van der Waals surface area contributed by atoms with E-state index in [4.69, 9.17) is 53.1 Å². The molecule has 0 spiro atoms. The summed E-state index contributed by atoms with van der Waals surface area (Å²) in [6.07, 6.45) is 4.87. The summed E-state index contributed by atoms with van der Waals surface area (Å²) < 4.78 is 34.5. The van der Waals surface area contributed by atoms with Gasteiger partial charge in [0.05, 0.1) is 6.61 Å². The quantitative estimate of drug-likeness (QED) is 0.0123. The number of hydrogen-bond donors (Lipinski definition) is 8. The highest BCUT2D eigenvalue weighted by Gasteiger charge is 2.37. The normalized spacial score (nSPS) is 12.3. The first kappa shape index (κ1) is 108. The van der Waals surface area contributed by atoms with Crippen molar-refractivity contribution in [3.8, 4) is 69.0 Å². The molecule has 0 saturated carbocycles. The monoisotopic (exact) mass is 1710 g/mol. The highest BCUT2D eigenvalue weighted by atomic mass is 17.2. The van der Waals surface area contributed by atoms with Crippen LogP contribution >= 0.6 is 0 Å². The molecule has 0 amide bonds. The van der Waals surface area contributed by atoms with Gasteiger partial charge in [-0.2, -0.15) is 0 Å². The summed E-state index contributed by atoms with van der Waals surface area (Å²) in [5.74, 6) is 2.92. The van der Waals surface area contributed by atoms with Crippen LogP contribution < -0.4 is 29.0 Å². The molecule has 24 nitrogen and oxygen atoms in total. The van der Waals surface area contributed by atoms with Crippen LogP contribution in [0, 0.1) is 40.5 Å². The van der Waals surface area contributed by atoms with E-state index in [1.165, 1.54) is 91.1 Å². The Bertz CT molecular complexity index is 4580. The van der Waals surface area contributed by atoms with E-state index >= 15 is 0 Å². The second kappa shape index (κ2) is 50.8. The Kier molecular flexibility index (Phi) is 44.5. The molecule has 0 unspecified atom stereocenters. The molecule has 8 N–H and O–H groups in total. The van der Waals surface area contributed by atoms with Crippen molar-refractivity contribution in [3.05, 3.63) is 211 Å². The summed E-state index contributed by atoms with van der Waals surface area (Å²) in [6.45, 7) is 53.6. The van der Waals surface area contributed by atoms with Gasteiger partial charge in [-0.25, -0.2) is 9.78 Å². The molecule has 8 aromatic rings. The smallest absolute Gasteiger partial charge is 0.308 e. The maximum Gasteiger partial charge on any atom is 0.308 e. The molecule has 0 radical (unpaired) electrons. The largest absolute Gasteiger partial charge is 0.508 e. The van der Waals surface area contributed by atoms with Crippen LogP contribution in [0.1, 0.15) is 268 Å². The molecule has 1 saturated heterocycles. The third-order valence-electron chi connectivity index (χ3n) is 18.4. The van der Waals surface area contributed by atoms with Gasteiger partial charge < -0.3 is 74.2 Å². The average Bonchev–Trinajstić information content (AvgIpc) is 0.779. The van der Waals surface area contributed by atoms with E-state index in [1.807, 2.05) is 109 Å². The molecular weight excluding hydrogens is 1570 g/mol. The van der Waals surface area contributed by atoms with Crippen LogP contribution in [0.25, 0.3) is 0 Å². The maximum absolute atomic E-state index is 11.1. The van der Waals surface area contributed by atoms with Crippen molar-refractivity contribution in [2.45, 2.75) is 280 Å². The van der Waals surface area contributed by atoms with E-state index in [9.17, 15) is 59.1 Å². The summed E-state index contributed by atoms with van der Waals surface area (Å²) in [7, 11) is 0. The number of carbonyl (C=O) groups is 7. The first-order chi connectivity index (χ1) is 57.0. The molecule has 674 valence electrons. The minimum atomic E-state index is -0.365. The van der Waals surface area contributed by atoms with Crippen LogP contribution in [-0.4, -0.2) is 95.2 Å². The minimum Gasteiger partial charge on any atom is -0.508 e. The topological polar surface area (TPSA) is 356 Å². The molecule has 9 rings (SSSR count). The lowest BCUT2D eigenvalue weighted by atomic mass is 9.75. The van der Waals surface area contributed by atoms with Gasteiger partial charge >= 0.3 is 41.8 Å². The Labute approximate surface area is 728 Å². The number of phenolic OH excluding ortho intramolecular Hbond substituents is 7. The zero-order valence-corrected chi connectivity index (χ0v) is 77.5. The summed E-state index contributed by atoms with van der Waals surface area (Å²) >= 11 is 0. The second-order valence-electron chi connectivity index (χ2n) is 34.1. The molecule has 1 aliphatic rings. The van der Waals surface area contributed by atoms with Gasteiger partial charge in [0.2, 0.25) is 0 Å². The van der Waals surface area contributed by atoms with Gasteiger partial charge in [0, 0.05) is 81.8 Å². The minimum absolute atomic E-state index is 0.154. The van der Waals surface area contributed by atoms with E-state index in [-0.39, 0.29) is 112 Å². The standard InChI is InChI=1S/C19H31NO2.C16H24O3.C14H20O3.C12H16O3.C11H14O3.C10H12O3.C9H10O3.C8H8O3/c1-15-6-8-16(9-7-15)14-22-21-11-10-17-12-18(2,3)20-19(4,5)13-17;1-10(17)19-11-8-12(15(2,3)4)14(18)13(9-11)16(5,6)7;1-8(2)12-6-11(17-10(5)15)7-13(9(3)4)14(12)16;1-4-9-6-11(15-8(3)13)7-10(5-2)12(9)14;1-7-4-10(6-14-9(3)12)5-8(2)11(7)13;1-6-4-9(13-8(3)11)5-7(2)10(6)12;1-7(10)12-6-8-2-4-9(11)5-3-8;1-6(9)11-8-4-2-7(10)3-5-8/h6-9,17,20H,10-14H2,1-5H3;8-9,18H,1-7H3;6-9,16H,1-5H3;6-7,14H,4-5H2,1-3H3;4-5,13H,6H2,1-3H3;4-5,12H,1-3H3;2-5,11H,6H2,1H3;2-5,10H,1H3. The van der Waals surface area contributed by atoms with Gasteiger partial charge in [0.1, 0.15) is 88.8 Å². The summed E-state index contributed by atoms with van der Waals surface area (Å²) in [5, 5.41) is 70.9. The first-order valence-electron chi connectivity index (χ1n) is 41.0. The molecule has 8 aromatic carbocycles. The van der Waals surface area contributed by atoms with Crippen molar-refractivity contribution in [1.82, 2.24) is 5.32 Å². The summed E-state index contributed by atoms with van der Waals surface area (Å²) in [6, 6.07) is 38.1. The highest BCUT2D eigenvalue weighted by Crippen LogP contribution is 2.43. The van der Waals surface area contributed by atoms with Crippen molar-refractivity contribution in [3.63, 3.8) is 0 Å². The van der Waals surface area contributed by atoms with Gasteiger partial charge in [-0.15, -0.1) is 0 Å². The van der Waals surface area contributed by atoms with Crippen LogP contribution in [-0.2, 0) is 96.3 Å². The number of aryl methyl sites for hydroxylation is 7. The Hall–Kier alpha value is -11.5. The number of rotatable bonds is 19. The van der Waals surface area contributed by atoms with Crippen molar-refractivity contribution in [1.29, 1.82) is 0 Å².